The van der Waals surface area contributed by atoms with Gasteiger partial charge in [0.1, 0.15) is 12.4 Å². The summed E-state index contributed by atoms with van der Waals surface area (Å²) >= 11 is 0. The molecule has 8 heteroatoms. The summed E-state index contributed by atoms with van der Waals surface area (Å²) in [4.78, 5) is 10.3. The van der Waals surface area contributed by atoms with Crippen molar-refractivity contribution in [1.82, 2.24) is 0 Å². The highest BCUT2D eigenvalue weighted by Crippen LogP contribution is 2.62. The lowest BCUT2D eigenvalue weighted by Gasteiger charge is -2.53. The summed E-state index contributed by atoms with van der Waals surface area (Å²) < 4.78 is 21.5. The molecule has 0 aromatic heterocycles. The number of aliphatic hydroxyl groups is 1. The van der Waals surface area contributed by atoms with Crippen LogP contribution in [-0.2, 0) is 30.2 Å². The molecule has 2 saturated carbocycles. The Hall–Kier alpha value is -1.71. The number of aliphatic hydroxyl groups excluding tert-OH is 1. The number of rotatable bonds is 16. The van der Waals surface area contributed by atoms with E-state index in [4.69, 9.17) is 24.1 Å². The molecule has 1 aromatic rings. The van der Waals surface area contributed by atoms with Gasteiger partial charge in [0, 0.05) is 6.61 Å². The van der Waals surface area contributed by atoms with Gasteiger partial charge in [0.05, 0.1) is 45.7 Å². The molecule has 0 bridgehead atoms. The standard InChI is InChI=1S/C30H46O8/c1-30-10-9-25-24-6-5-23(31)19-22(24)18-21(29(25)26(30)7-8-27(30)32)4-2-3-11-35-12-13-36-14-15-37-16-17-38-20-28(33)34/h5-6,19,21,25-27,29,31-32H,2-4,7-18,20H2,1H3,(H,33,34)/t21?,25?,26?,27?,29?,30-/m0/s1. The number of benzene rings is 1. The summed E-state index contributed by atoms with van der Waals surface area (Å²) in [7, 11) is 0. The summed E-state index contributed by atoms with van der Waals surface area (Å²) in [6.45, 7) is 5.34. The molecule has 0 saturated heterocycles. The van der Waals surface area contributed by atoms with Crippen LogP contribution in [0.1, 0.15) is 68.9 Å². The number of hydrogen-bond acceptors (Lipinski definition) is 7. The van der Waals surface area contributed by atoms with Gasteiger partial charge in [0.15, 0.2) is 0 Å². The van der Waals surface area contributed by atoms with Gasteiger partial charge < -0.3 is 34.3 Å². The molecule has 3 aliphatic rings. The Morgan fingerprint density at radius 1 is 0.947 bits per heavy atom. The third-order valence-electron chi connectivity index (χ3n) is 9.29. The van der Waals surface area contributed by atoms with E-state index in [0.717, 1.165) is 58.0 Å². The quantitative estimate of drug-likeness (QED) is 0.271. The van der Waals surface area contributed by atoms with Crippen molar-refractivity contribution < 1.29 is 39.1 Å². The van der Waals surface area contributed by atoms with Crippen LogP contribution in [0.25, 0.3) is 0 Å². The van der Waals surface area contributed by atoms with E-state index in [1.165, 1.54) is 11.1 Å². The van der Waals surface area contributed by atoms with Crippen molar-refractivity contribution in [2.45, 2.75) is 70.3 Å². The van der Waals surface area contributed by atoms with Crippen molar-refractivity contribution in [3.63, 3.8) is 0 Å². The van der Waals surface area contributed by atoms with Crippen LogP contribution in [-0.4, -0.2) is 80.2 Å². The third-order valence-corrected chi connectivity index (χ3v) is 9.29. The monoisotopic (exact) mass is 534 g/mol. The third kappa shape index (κ3) is 7.27. The summed E-state index contributed by atoms with van der Waals surface area (Å²) in [5.74, 6) is 1.71. The van der Waals surface area contributed by atoms with Crippen molar-refractivity contribution >= 4 is 5.97 Å². The number of aliphatic carboxylic acids is 1. The van der Waals surface area contributed by atoms with Gasteiger partial charge in [-0.25, -0.2) is 4.79 Å². The lowest BCUT2D eigenvalue weighted by molar-refractivity contribution is -0.142. The minimum atomic E-state index is -0.982. The first-order valence-corrected chi connectivity index (χ1v) is 14.4. The molecule has 5 unspecified atom stereocenters. The molecule has 8 nitrogen and oxygen atoms in total. The van der Waals surface area contributed by atoms with E-state index in [0.29, 0.717) is 62.5 Å². The fraction of sp³-hybridized carbons (Fsp3) is 0.767. The Balaban J connectivity index is 1.14. The molecular weight excluding hydrogens is 488 g/mol. The van der Waals surface area contributed by atoms with Crippen LogP contribution < -0.4 is 0 Å². The topological polar surface area (TPSA) is 115 Å². The molecule has 0 heterocycles. The molecule has 38 heavy (non-hydrogen) atoms. The SMILES string of the molecule is C[C@]12CCC3c4ccc(O)cc4CC(CCCCOCCOCCOCCOCC(=O)O)C3C1CCC2O. The maximum Gasteiger partial charge on any atom is 0.329 e. The van der Waals surface area contributed by atoms with Gasteiger partial charge >= 0.3 is 5.97 Å². The summed E-state index contributed by atoms with van der Waals surface area (Å²) in [5.41, 5.74) is 2.81. The molecule has 3 N–H and O–H groups in total. The molecule has 0 radical (unpaired) electrons. The van der Waals surface area contributed by atoms with E-state index in [1.54, 1.807) is 0 Å². The number of carbonyl (C=O) groups is 1. The zero-order valence-electron chi connectivity index (χ0n) is 22.8. The normalized spacial score (nSPS) is 30.0. The average Bonchev–Trinajstić information content (AvgIpc) is 3.19. The summed E-state index contributed by atoms with van der Waals surface area (Å²) in [6.07, 6.45) is 8.44. The number of carboxylic acids is 1. The maximum absolute atomic E-state index is 10.8. The van der Waals surface area contributed by atoms with Gasteiger partial charge in [-0.1, -0.05) is 19.4 Å². The summed E-state index contributed by atoms with van der Waals surface area (Å²) in [6, 6.07) is 5.99. The van der Waals surface area contributed by atoms with Gasteiger partial charge in [0.2, 0.25) is 0 Å². The van der Waals surface area contributed by atoms with Crippen LogP contribution in [0.2, 0.25) is 0 Å². The minimum Gasteiger partial charge on any atom is -0.508 e. The van der Waals surface area contributed by atoms with Gasteiger partial charge in [-0.15, -0.1) is 0 Å². The smallest absolute Gasteiger partial charge is 0.329 e. The molecule has 4 rings (SSSR count). The Bertz CT molecular complexity index is 891. The molecule has 1 aromatic carbocycles. The number of ether oxygens (including phenoxy) is 4. The van der Waals surface area contributed by atoms with E-state index in [2.05, 4.69) is 13.0 Å². The van der Waals surface area contributed by atoms with E-state index in [9.17, 15) is 15.0 Å². The highest BCUT2D eigenvalue weighted by Gasteiger charge is 2.56. The summed E-state index contributed by atoms with van der Waals surface area (Å²) in [5, 5.41) is 29.4. The van der Waals surface area contributed by atoms with Crippen LogP contribution >= 0.6 is 0 Å². The fourth-order valence-electron chi connectivity index (χ4n) is 7.46. The average molecular weight is 535 g/mol. The number of phenolic OH excluding ortho intramolecular Hbond substituents is 1. The van der Waals surface area contributed by atoms with Crippen molar-refractivity contribution in [3.05, 3.63) is 29.3 Å². The first-order chi connectivity index (χ1) is 18.4. The number of phenols is 1. The number of fused-ring (bicyclic) bond motifs is 5. The maximum atomic E-state index is 10.8. The second kappa shape index (κ2) is 14.1. The molecular formula is C30H46O8. The van der Waals surface area contributed by atoms with Crippen molar-refractivity contribution in [2.24, 2.45) is 23.2 Å². The lowest BCUT2D eigenvalue weighted by atomic mass is 9.52. The van der Waals surface area contributed by atoms with Crippen LogP contribution in [0.5, 0.6) is 5.75 Å². The first-order valence-electron chi connectivity index (χ1n) is 14.4. The largest absolute Gasteiger partial charge is 0.508 e. The molecule has 0 aliphatic heterocycles. The van der Waals surface area contributed by atoms with Gasteiger partial charge in [-0.05, 0) is 97.3 Å². The van der Waals surface area contributed by atoms with Crippen molar-refractivity contribution in [2.75, 3.05) is 52.9 Å². The minimum absolute atomic E-state index is 0.0517. The van der Waals surface area contributed by atoms with E-state index >= 15 is 0 Å². The highest BCUT2D eigenvalue weighted by molar-refractivity contribution is 5.67. The number of unbranched alkanes of at least 4 members (excludes halogenated alkanes) is 1. The molecule has 6 atom stereocenters. The van der Waals surface area contributed by atoms with E-state index < -0.39 is 5.97 Å². The first kappa shape index (κ1) is 29.3. The zero-order chi connectivity index (χ0) is 27.0. The predicted octanol–water partition coefficient (Wildman–Crippen LogP) is 4.16. The second-order valence-electron chi connectivity index (χ2n) is 11.6. The van der Waals surface area contributed by atoms with Gasteiger partial charge in [-0.2, -0.15) is 0 Å². The molecule has 3 aliphatic carbocycles. The Kier molecular flexibility index (Phi) is 10.8. The van der Waals surface area contributed by atoms with Crippen LogP contribution in [0.15, 0.2) is 18.2 Å². The predicted molar refractivity (Wildman–Crippen MR) is 142 cm³/mol. The van der Waals surface area contributed by atoms with Crippen molar-refractivity contribution in [3.8, 4) is 5.75 Å². The second-order valence-corrected chi connectivity index (χ2v) is 11.6. The molecule has 0 amide bonds. The molecule has 2 fully saturated rings. The Labute approximate surface area is 226 Å². The molecule has 214 valence electrons. The number of aromatic hydroxyl groups is 1. The number of carboxylic acid groups (broad SMARTS) is 1. The van der Waals surface area contributed by atoms with Crippen LogP contribution in [0, 0.1) is 23.2 Å². The Morgan fingerprint density at radius 2 is 1.63 bits per heavy atom. The Morgan fingerprint density at radius 3 is 2.34 bits per heavy atom. The lowest BCUT2D eigenvalue weighted by Crippen LogP contribution is -2.47. The highest BCUT2D eigenvalue weighted by atomic mass is 16.6. The van der Waals surface area contributed by atoms with Crippen LogP contribution in [0.4, 0.5) is 0 Å². The number of hydrogen-bond donors (Lipinski definition) is 3. The molecule has 0 spiro atoms. The van der Waals surface area contributed by atoms with Crippen molar-refractivity contribution in [1.29, 1.82) is 0 Å². The zero-order valence-corrected chi connectivity index (χ0v) is 22.8. The van der Waals surface area contributed by atoms with Gasteiger partial charge in [0.25, 0.3) is 0 Å². The fourth-order valence-corrected chi connectivity index (χ4v) is 7.46. The van der Waals surface area contributed by atoms with Crippen LogP contribution in [0.3, 0.4) is 0 Å². The van der Waals surface area contributed by atoms with E-state index in [1.807, 2.05) is 12.1 Å². The van der Waals surface area contributed by atoms with Gasteiger partial charge in [-0.3, -0.25) is 0 Å². The van der Waals surface area contributed by atoms with E-state index in [-0.39, 0.29) is 24.7 Å².